The van der Waals surface area contributed by atoms with E-state index < -0.39 is 17.8 Å². The van der Waals surface area contributed by atoms with E-state index in [1.807, 2.05) is 6.07 Å². The Kier molecular flexibility index (Phi) is 8.11. The molecular formula is C25H19ClN4O4. The molecule has 8 nitrogen and oxygen atoms in total. The molecule has 0 aliphatic rings. The zero-order valence-electron chi connectivity index (χ0n) is 18.0. The van der Waals surface area contributed by atoms with Gasteiger partial charge in [0.2, 0.25) is 0 Å². The van der Waals surface area contributed by atoms with Gasteiger partial charge in [-0.1, -0.05) is 41.9 Å². The van der Waals surface area contributed by atoms with Gasteiger partial charge >= 0.3 is 17.8 Å². The third-order valence-electron chi connectivity index (χ3n) is 4.57. The van der Waals surface area contributed by atoms with Crippen LogP contribution in [0.4, 0.5) is 5.69 Å². The van der Waals surface area contributed by atoms with Gasteiger partial charge in [0.05, 0.1) is 23.8 Å². The highest BCUT2D eigenvalue weighted by Gasteiger charge is 2.16. The van der Waals surface area contributed by atoms with Crippen LogP contribution in [0.5, 0.6) is 5.75 Å². The quantitative estimate of drug-likeness (QED) is 0.183. The number of hydrogen-bond donors (Lipinski definition) is 2. The van der Waals surface area contributed by atoms with Crippen LogP contribution in [-0.4, -0.2) is 23.5 Å². The van der Waals surface area contributed by atoms with Crippen LogP contribution in [0.25, 0.3) is 0 Å². The molecule has 3 rings (SSSR count). The first-order valence-electron chi connectivity index (χ1n) is 10.1. The van der Waals surface area contributed by atoms with Gasteiger partial charge in [-0.05, 0) is 55.0 Å². The first-order valence-corrected chi connectivity index (χ1v) is 10.4. The Bertz CT molecular complexity index is 1300. The molecule has 3 aromatic rings. The molecule has 0 saturated carbocycles. The van der Waals surface area contributed by atoms with Crippen LogP contribution in [0.1, 0.15) is 28.4 Å². The fraction of sp³-hybridized carbons (Fsp3) is 0.0800. The van der Waals surface area contributed by atoms with Crippen LogP contribution < -0.4 is 15.5 Å². The molecular weight excluding hydrogens is 456 g/mol. The van der Waals surface area contributed by atoms with Gasteiger partial charge in [0, 0.05) is 16.3 Å². The van der Waals surface area contributed by atoms with Crippen LogP contribution in [-0.2, 0) is 16.0 Å². The predicted octanol–water partition coefficient (Wildman–Crippen LogP) is 4.10. The van der Waals surface area contributed by atoms with Crippen LogP contribution in [0.2, 0.25) is 5.02 Å². The summed E-state index contributed by atoms with van der Waals surface area (Å²) in [6, 6.07) is 21.6. The molecule has 2 amide bonds. The topological polar surface area (TPSA) is 121 Å². The molecule has 170 valence electrons. The van der Waals surface area contributed by atoms with Gasteiger partial charge in [0.1, 0.15) is 5.75 Å². The number of nitrogens with one attached hydrogen (secondary N) is 2. The minimum absolute atomic E-state index is 0.227. The van der Waals surface area contributed by atoms with E-state index in [1.54, 1.807) is 73.7 Å². The monoisotopic (exact) mass is 474 g/mol. The fourth-order valence-corrected chi connectivity index (χ4v) is 3.05. The van der Waals surface area contributed by atoms with E-state index in [0.717, 1.165) is 5.56 Å². The minimum Gasteiger partial charge on any atom is -0.422 e. The van der Waals surface area contributed by atoms with Crippen molar-refractivity contribution in [3.8, 4) is 11.8 Å². The Morgan fingerprint density at radius 2 is 1.74 bits per heavy atom. The highest BCUT2D eigenvalue weighted by atomic mass is 35.5. The summed E-state index contributed by atoms with van der Waals surface area (Å²) in [6.45, 7) is 1.60. The lowest BCUT2D eigenvalue weighted by Crippen LogP contribution is -2.33. The molecule has 0 fully saturated rings. The predicted molar refractivity (Wildman–Crippen MR) is 128 cm³/mol. The number of halogens is 1. The van der Waals surface area contributed by atoms with Crippen molar-refractivity contribution in [3.05, 3.63) is 94.5 Å². The van der Waals surface area contributed by atoms with E-state index in [1.165, 1.54) is 6.07 Å². The SMILES string of the molecule is CC(=NNC(=O)C(=O)Nc1ccc(CC#N)cc1)c1ccccc1OC(=O)c1cccc(Cl)c1. The third-order valence-corrected chi connectivity index (χ3v) is 4.80. The van der Waals surface area contributed by atoms with Gasteiger partial charge in [-0.25, -0.2) is 10.2 Å². The number of carbonyl (C=O) groups excluding carboxylic acids is 3. The summed E-state index contributed by atoms with van der Waals surface area (Å²) in [4.78, 5) is 36.8. The first kappa shape index (κ1) is 24.2. The zero-order valence-corrected chi connectivity index (χ0v) is 18.8. The first-order chi connectivity index (χ1) is 16.4. The number of carbonyl (C=O) groups is 3. The Morgan fingerprint density at radius 1 is 1.00 bits per heavy atom. The summed E-state index contributed by atoms with van der Waals surface area (Å²) >= 11 is 5.93. The molecule has 0 saturated heterocycles. The maximum absolute atomic E-state index is 12.5. The molecule has 2 N–H and O–H groups in total. The number of hydrogen-bond acceptors (Lipinski definition) is 6. The van der Waals surface area contributed by atoms with E-state index in [-0.39, 0.29) is 17.7 Å². The second kappa shape index (κ2) is 11.4. The van der Waals surface area contributed by atoms with Crippen molar-refractivity contribution in [1.82, 2.24) is 5.43 Å². The van der Waals surface area contributed by atoms with Gasteiger partial charge in [0.15, 0.2) is 0 Å². The van der Waals surface area contributed by atoms with Crippen molar-refractivity contribution in [2.75, 3.05) is 5.32 Å². The van der Waals surface area contributed by atoms with E-state index in [0.29, 0.717) is 22.0 Å². The van der Waals surface area contributed by atoms with Crippen molar-refractivity contribution < 1.29 is 19.1 Å². The average Bonchev–Trinajstić information content (AvgIpc) is 2.84. The number of amides is 2. The van der Waals surface area contributed by atoms with Crippen LogP contribution in [0, 0.1) is 11.3 Å². The number of anilines is 1. The summed E-state index contributed by atoms with van der Waals surface area (Å²) in [5.74, 6) is -2.27. The van der Waals surface area contributed by atoms with Crippen LogP contribution >= 0.6 is 11.6 Å². The number of benzene rings is 3. The number of ether oxygens (including phenoxy) is 1. The Morgan fingerprint density at radius 3 is 2.44 bits per heavy atom. The lowest BCUT2D eigenvalue weighted by Gasteiger charge is -2.10. The molecule has 0 aliphatic heterocycles. The zero-order chi connectivity index (χ0) is 24.5. The summed E-state index contributed by atoms with van der Waals surface area (Å²) in [5.41, 5.74) is 4.43. The average molecular weight is 475 g/mol. The number of esters is 1. The highest BCUT2D eigenvalue weighted by molar-refractivity contribution is 6.39. The van der Waals surface area contributed by atoms with Crippen molar-refractivity contribution in [3.63, 3.8) is 0 Å². The smallest absolute Gasteiger partial charge is 0.343 e. The summed E-state index contributed by atoms with van der Waals surface area (Å²) < 4.78 is 5.48. The van der Waals surface area contributed by atoms with E-state index in [9.17, 15) is 14.4 Å². The third kappa shape index (κ3) is 6.51. The second-order valence-electron chi connectivity index (χ2n) is 7.02. The van der Waals surface area contributed by atoms with Gasteiger partial charge in [-0.3, -0.25) is 9.59 Å². The molecule has 3 aromatic carbocycles. The van der Waals surface area contributed by atoms with Crippen molar-refractivity contribution in [1.29, 1.82) is 5.26 Å². The lowest BCUT2D eigenvalue weighted by atomic mass is 10.1. The molecule has 0 unspecified atom stereocenters. The normalized spacial score (nSPS) is 10.7. The maximum Gasteiger partial charge on any atom is 0.343 e. The van der Waals surface area contributed by atoms with Crippen molar-refractivity contribution in [2.45, 2.75) is 13.3 Å². The van der Waals surface area contributed by atoms with Crippen LogP contribution in [0.3, 0.4) is 0 Å². The standard InChI is InChI=1S/C25H19ClN4O4/c1-16(29-30-24(32)23(31)28-20-11-9-17(10-12-20)13-14-27)21-7-2-3-8-22(21)34-25(33)18-5-4-6-19(26)15-18/h2-12,15H,13H2,1H3,(H,28,31)(H,30,32). The molecule has 0 heterocycles. The largest absolute Gasteiger partial charge is 0.422 e. The number of hydrazone groups is 1. The molecule has 0 aromatic heterocycles. The number of nitriles is 1. The van der Waals surface area contributed by atoms with Gasteiger partial charge in [0.25, 0.3) is 0 Å². The molecule has 34 heavy (non-hydrogen) atoms. The second-order valence-corrected chi connectivity index (χ2v) is 7.46. The molecule has 0 bridgehead atoms. The fourth-order valence-electron chi connectivity index (χ4n) is 2.86. The van der Waals surface area contributed by atoms with E-state index >= 15 is 0 Å². The molecule has 0 radical (unpaired) electrons. The number of rotatable bonds is 6. The Hall–Kier alpha value is -4.48. The number of nitrogens with zero attached hydrogens (tertiary/aromatic N) is 2. The van der Waals surface area contributed by atoms with E-state index in [2.05, 4.69) is 15.8 Å². The molecule has 0 spiro atoms. The van der Waals surface area contributed by atoms with Crippen molar-refractivity contribution in [2.24, 2.45) is 5.10 Å². The number of para-hydroxylation sites is 1. The van der Waals surface area contributed by atoms with E-state index in [4.69, 9.17) is 21.6 Å². The summed E-state index contributed by atoms with van der Waals surface area (Å²) in [7, 11) is 0. The minimum atomic E-state index is -0.978. The van der Waals surface area contributed by atoms with Gasteiger partial charge in [-0.15, -0.1) is 0 Å². The lowest BCUT2D eigenvalue weighted by molar-refractivity contribution is -0.136. The van der Waals surface area contributed by atoms with Crippen LogP contribution in [0.15, 0.2) is 77.9 Å². The highest BCUT2D eigenvalue weighted by Crippen LogP contribution is 2.21. The summed E-state index contributed by atoms with van der Waals surface area (Å²) in [6.07, 6.45) is 0.249. The van der Waals surface area contributed by atoms with Gasteiger partial charge < -0.3 is 10.1 Å². The maximum atomic E-state index is 12.5. The molecule has 9 heteroatoms. The Labute approximate surface area is 200 Å². The molecule has 0 atom stereocenters. The Balaban J connectivity index is 1.65. The van der Waals surface area contributed by atoms with Gasteiger partial charge in [-0.2, -0.15) is 10.4 Å². The van der Waals surface area contributed by atoms with Crippen molar-refractivity contribution >= 4 is 40.8 Å². The summed E-state index contributed by atoms with van der Waals surface area (Å²) in [5, 5.41) is 15.5. The molecule has 0 aliphatic carbocycles.